The van der Waals surface area contributed by atoms with Crippen LogP contribution in [0.25, 0.3) is 5.57 Å². The van der Waals surface area contributed by atoms with Crippen LogP contribution < -0.4 is 5.73 Å². The molecule has 1 rings (SSSR count). The average Bonchev–Trinajstić information content (AvgIpc) is 2.19. The minimum atomic E-state index is 0.629. The first-order valence-electron chi connectivity index (χ1n) is 4.83. The number of hydrogen-bond acceptors (Lipinski definition) is 1. The monoisotopic (exact) mass is 175 g/mol. The number of hydrogen-bond donors (Lipinski definition) is 1. The average molecular weight is 175 g/mol. The van der Waals surface area contributed by atoms with Crippen molar-refractivity contribution < 1.29 is 0 Å². The van der Waals surface area contributed by atoms with E-state index in [9.17, 15) is 0 Å². The number of allylic oxidation sites excluding steroid dienone is 1. The summed E-state index contributed by atoms with van der Waals surface area (Å²) in [6.45, 7) is 2.82. The first kappa shape index (κ1) is 10.0. The van der Waals surface area contributed by atoms with E-state index in [1.807, 2.05) is 6.07 Å². The van der Waals surface area contributed by atoms with E-state index in [1.54, 1.807) is 0 Å². The molecule has 0 spiro atoms. The van der Waals surface area contributed by atoms with Gasteiger partial charge in [-0.25, -0.2) is 0 Å². The topological polar surface area (TPSA) is 26.0 Å². The van der Waals surface area contributed by atoms with Crippen molar-refractivity contribution in [2.24, 2.45) is 5.73 Å². The highest BCUT2D eigenvalue weighted by atomic mass is 14.5. The second-order valence-corrected chi connectivity index (χ2v) is 3.08. The van der Waals surface area contributed by atoms with E-state index >= 15 is 0 Å². The third-order valence-corrected chi connectivity index (χ3v) is 2.03. The van der Waals surface area contributed by atoms with E-state index in [0.717, 1.165) is 6.42 Å². The number of rotatable bonds is 4. The normalized spacial score (nSPS) is 11.7. The molecule has 1 nitrogen and oxygen atoms in total. The lowest BCUT2D eigenvalue weighted by Gasteiger charge is -2.05. The Hall–Kier alpha value is -1.08. The van der Waals surface area contributed by atoms with Crippen molar-refractivity contribution in [1.82, 2.24) is 0 Å². The Balaban J connectivity index is 2.83. The summed E-state index contributed by atoms with van der Waals surface area (Å²) in [5.74, 6) is 0. The van der Waals surface area contributed by atoms with E-state index in [-0.39, 0.29) is 0 Å². The van der Waals surface area contributed by atoms with Crippen LogP contribution in [0.4, 0.5) is 0 Å². The van der Waals surface area contributed by atoms with Crippen molar-refractivity contribution in [2.45, 2.75) is 19.8 Å². The van der Waals surface area contributed by atoms with Gasteiger partial charge in [0.1, 0.15) is 0 Å². The van der Waals surface area contributed by atoms with Crippen LogP contribution in [-0.2, 0) is 0 Å². The highest BCUT2D eigenvalue weighted by Crippen LogP contribution is 2.18. The second kappa shape index (κ2) is 5.55. The van der Waals surface area contributed by atoms with Gasteiger partial charge >= 0.3 is 0 Å². The Morgan fingerprint density at radius 1 is 1.31 bits per heavy atom. The Bertz CT molecular complexity index is 262. The zero-order valence-electron chi connectivity index (χ0n) is 8.16. The maximum Gasteiger partial charge on any atom is 0.0112 e. The van der Waals surface area contributed by atoms with Crippen molar-refractivity contribution in [3.63, 3.8) is 0 Å². The Labute approximate surface area is 80.3 Å². The highest BCUT2D eigenvalue weighted by Gasteiger charge is 1.97. The van der Waals surface area contributed by atoms with Gasteiger partial charge in [-0.05, 0) is 17.6 Å². The molecule has 0 amide bonds. The molecule has 70 valence electrons. The fourth-order valence-electron chi connectivity index (χ4n) is 1.43. The van der Waals surface area contributed by atoms with Crippen molar-refractivity contribution in [3.05, 3.63) is 42.0 Å². The summed E-state index contributed by atoms with van der Waals surface area (Å²) in [5, 5.41) is 0. The number of nitrogens with two attached hydrogens (primary N) is 1. The van der Waals surface area contributed by atoms with E-state index in [1.165, 1.54) is 17.6 Å². The minimum absolute atomic E-state index is 0.629. The fourth-order valence-corrected chi connectivity index (χ4v) is 1.43. The van der Waals surface area contributed by atoms with Gasteiger partial charge in [0, 0.05) is 6.54 Å². The third-order valence-electron chi connectivity index (χ3n) is 2.03. The first-order chi connectivity index (χ1) is 6.38. The molecule has 0 aromatic heterocycles. The highest BCUT2D eigenvalue weighted by molar-refractivity contribution is 5.65. The molecule has 0 fully saturated rings. The van der Waals surface area contributed by atoms with Gasteiger partial charge in [0.05, 0.1) is 0 Å². The molecule has 0 radical (unpaired) electrons. The van der Waals surface area contributed by atoms with Crippen LogP contribution in [0.2, 0.25) is 0 Å². The molecule has 0 aliphatic heterocycles. The van der Waals surface area contributed by atoms with Crippen LogP contribution in [0.15, 0.2) is 36.4 Å². The molecule has 13 heavy (non-hydrogen) atoms. The van der Waals surface area contributed by atoms with E-state index in [2.05, 4.69) is 37.3 Å². The molecule has 1 heteroatoms. The molecule has 2 N–H and O–H groups in total. The summed E-state index contributed by atoms with van der Waals surface area (Å²) in [5.41, 5.74) is 8.19. The Kier molecular flexibility index (Phi) is 4.27. The lowest BCUT2D eigenvalue weighted by Crippen LogP contribution is -1.95. The Morgan fingerprint density at radius 3 is 2.54 bits per heavy atom. The number of benzene rings is 1. The van der Waals surface area contributed by atoms with Gasteiger partial charge in [-0.3, -0.25) is 0 Å². The van der Waals surface area contributed by atoms with Crippen molar-refractivity contribution >= 4 is 5.57 Å². The molecule has 0 aliphatic carbocycles. The van der Waals surface area contributed by atoms with E-state index < -0.39 is 0 Å². The lowest BCUT2D eigenvalue weighted by atomic mass is 10.0. The van der Waals surface area contributed by atoms with Crippen LogP contribution in [0.3, 0.4) is 0 Å². The molecule has 0 unspecified atom stereocenters. The largest absolute Gasteiger partial charge is 0.327 e. The van der Waals surface area contributed by atoms with Crippen molar-refractivity contribution in [1.29, 1.82) is 0 Å². The summed E-state index contributed by atoms with van der Waals surface area (Å²) in [6, 6.07) is 10.4. The summed E-state index contributed by atoms with van der Waals surface area (Å²) in [6.07, 6.45) is 4.39. The maximum absolute atomic E-state index is 5.52. The van der Waals surface area contributed by atoms with Gasteiger partial charge in [0.15, 0.2) is 0 Å². The zero-order valence-corrected chi connectivity index (χ0v) is 8.16. The van der Waals surface area contributed by atoms with E-state index in [0.29, 0.717) is 6.54 Å². The quantitative estimate of drug-likeness (QED) is 0.748. The van der Waals surface area contributed by atoms with Crippen LogP contribution >= 0.6 is 0 Å². The van der Waals surface area contributed by atoms with Gasteiger partial charge in [-0.2, -0.15) is 0 Å². The predicted molar refractivity (Wildman–Crippen MR) is 58.4 cm³/mol. The molecular weight excluding hydrogens is 158 g/mol. The lowest BCUT2D eigenvalue weighted by molar-refractivity contribution is 0.969. The predicted octanol–water partition coefficient (Wildman–Crippen LogP) is 2.83. The molecular formula is C12H17N. The fraction of sp³-hybridized carbons (Fsp3) is 0.333. The summed E-state index contributed by atoms with van der Waals surface area (Å²) >= 11 is 0. The van der Waals surface area contributed by atoms with Gasteiger partial charge in [0.2, 0.25) is 0 Å². The molecule has 0 aliphatic rings. The second-order valence-electron chi connectivity index (χ2n) is 3.08. The van der Waals surface area contributed by atoms with E-state index in [4.69, 9.17) is 5.73 Å². The SMILES string of the molecule is CCC/C(=C\CN)c1ccccc1. The smallest absolute Gasteiger partial charge is 0.0112 e. The van der Waals surface area contributed by atoms with Crippen LogP contribution in [-0.4, -0.2) is 6.54 Å². The molecule has 0 heterocycles. The summed E-state index contributed by atoms with van der Waals surface area (Å²) < 4.78 is 0. The van der Waals surface area contributed by atoms with Gasteiger partial charge in [-0.15, -0.1) is 0 Å². The Morgan fingerprint density at radius 2 is 2.00 bits per heavy atom. The summed E-state index contributed by atoms with van der Waals surface area (Å²) in [7, 11) is 0. The zero-order chi connectivity index (χ0) is 9.52. The third kappa shape index (κ3) is 3.03. The summed E-state index contributed by atoms with van der Waals surface area (Å²) in [4.78, 5) is 0. The van der Waals surface area contributed by atoms with Crippen LogP contribution in [0.5, 0.6) is 0 Å². The first-order valence-corrected chi connectivity index (χ1v) is 4.83. The molecule has 0 bridgehead atoms. The van der Waals surface area contributed by atoms with Gasteiger partial charge in [-0.1, -0.05) is 49.8 Å². The molecule has 0 atom stereocenters. The van der Waals surface area contributed by atoms with Gasteiger partial charge < -0.3 is 5.73 Å². The van der Waals surface area contributed by atoms with Crippen LogP contribution in [0.1, 0.15) is 25.3 Å². The maximum atomic E-state index is 5.52. The standard InChI is InChI=1S/C12H17N/c1-2-6-11(9-10-13)12-7-4-3-5-8-12/h3-5,7-9H,2,6,10,13H2,1H3/b11-9+. The minimum Gasteiger partial charge on any atom is -0.327 e. The van der Waals surface area contributed by atoms with Gasteiger partial charge in [0.25, 0.3) is 0 Å². The van der Waals surface area contributed by atoms with Crippen molar-refractivity contribution in [2.75, 3.05) is 6.54 Å². The molecule has 1 aromatic carbocycles. The molecule has 0 saturated carbocycles. The molecule has 0 saturated heterocycles. The van der Waals surface area contributed by atoms with Crippen LogP contribution in [0, 0.1) is 0 Å². The molecule has 1 aromatic rings. The van der Waals surface area contributed by atoms with Crippen molar-refractivity contribution in [3.8, 4) is 0 Å².